The van der Waals surface area contributed by atoms with Crippen molar-refractivity contribution in [2.24, 2.45) is 38.9 Å². The van der Waals surface area contributed by atoms with Crippen molar-refractivity contribution >= 4 is 19.7 Å². The smallest absolute Gasteiger partial charge is 0.184 e. The second-order valence-electron chi connectivity index (χ2n) is 11.3. The molecule has 6 atom stereocenters. The van der Waals surface area contributed by atoms with Crippen molar-refractivity contribution < 1.29 is 14.1 Å². The zero-order chi connectivity index (χ0) is 21.7. The van der Waals surface area contributed by atoms with Gasteiger partial charge in [0.25, 0.3) is 0 Å². The third kappa shape index (κ3) is 3.48. The van der Waals surface area contributed by atoms with E-state index in [-0.39, 0.29) is 16.9 Å². The zero-order valence-corrected chi connectivity index (χ0v) is 21.0. The Hall–Kier alpha value is -1.14. The van der Waals surface area contributed by atoms with E-state index in [0.29, 0.717) is 11.8 Å². The Balaban J connectivity index is 1.73. The first-order valence-electron chi connectivity index (χ1n) is 11.7. The van der Waals surface area contributed by atoms with Crippen molar-refractivity contribution in [2.75, 3.05) is 14.2 Å². The summed E-state index contributed by atoms with van der Waals surface area (Å²) in [5.74, 6) is 2.05. The first-order valence-corrected chi connectivity index (χ1v) is 15.1. The third-order valence-electron chi connectivity index (χ3n) is 8.70. The molecule has 0 aromatic heterocycles. The van der Waals surface area contributed by atoms with E-state index in [0.717, 1.165) is 30.9 Å². The molecule has 0 radical (unpaired) electrons. The van der Waals surface area contributed by atoms with Gasteiger partial charge < -0.3 is 14.1 Å². The second kappa shape index (κ2) is 7.77. The molecule has 30 heavy (non-hydrogen) atoms. The maximum absolute atomic E-state index is 6.94. The Kier molecular flexibility index (Phi) is 5.71. The molecule has 0 N–H and O–H groups in total. The Labute approximate surface area is 183 Å². The normalized spacial score (nSPS) is 43.6. The van der Waals surface area contributed by atoms with Crippen LogP contribution in [0, 0.1) is 28.6 Å². The van der Waals surface area contributed by atoms with Crippen LogP contribution in [0.15, 0.2) is 22.0 Å². The molecule has 0 aromatic carbocycles. The molecule has 5 nitrogen and oxygen atoms in total. The van der Waals surface area contributed by atoms with Gasteiger partial charge >= 0.3 is 0 Å². The maximum Gasteiger partial charge on any atom is 0.184 e. The van der Waals surface area contributed by atoms with Gasteiger partial charge in [-0.05, 0) is 93.8 Å². The van der Waals surface area contributed by atoms with Crippen molar-refractivity contribution in [2.45, 2.75) is 84.5 Å². The van der Waals surface area contributed by atoms with Gasteiger partial charge in [0.15, 0.2) is 8.32 Å². The molecule has 3 saturated carbocycles. The van der Waals surface area contributed by atoms with Gasteiger partial charge in [-0.3, -0.25) is 0 Å². The summed E-state index contributed by atoms with van der Waals surface area (Å²) in [5.41, 5.74) is 4.19. The molecule has 168 valence electrons. The number of allylic oxidation sites excluding steroid dienone is 2. The van der Waals surface area contributed by atoms with Crippen LogP contribution in [0.25, 0.3) is 0 Å². The lowest BCUT2D eigenvalue weighted by molar-refractivity contribution is -0.0853. The molecule has 3 fully saturated rings. The summed E-state index contributed by atoms with van der Waals surface area (Å²) >= 11 is 0. The van der Waals surface area contributed by atoms with E-state index < -0.39 is 8.32 Å². The van der Waals surface area contributed by atoms with Crippen molar-refractivity contribution in [3.8, 4) is 0 Å². The van der Waals surface area contributed by atoms with Gasteiger partial charge in [-0.2, -0.15) is 0 Å². The van der Waals surface area contributed by atoms with Crippen LogP contribution in [0.1, 0.15) is 58.8 Å². The summed E-state index contributed by atoms with van der Waals surface area (Å²) < 4.78 is 6.94. The number of oxime groups is 2. The molecule has 0 aromatic rings. The molecule has 0 unspecified atom stereocenters. The largest absolute Gasteiger partial charge is 0.414 e. The molecule has 4 rings (SSSR count). The zero-order valence-electron chi connectivity index (χ0n) is 20.0. The quantitative estimate of drug-likeness (QED) is 0.418. The van der Waals surface area contributed by atoms with Crippen molar-refractivity contribution in [3.63, 3.8) is 0 Å². The van der Waals surface area contributed by atoms with Crippen LogP contribution in [0.3, 0.4) is 0 Å². The number of nitrogens with zero attached hydrogens (tertiary/aromatic N) is 2. The predicted octanol–water partition coefficient (Wildman–Crippen LogP) is 5.78. The first kappa shape index (κ1) is 22.1. The van der Waals surface area contributed by atoms with Gasteiger partial charge in [-0.25, -0.2) is 0 Å². The Morgan fingerprint density at radius 2 is 1.70 bits per heavy atom. The lowest BCUT2D eigenvalue weighted by Gasteiger charge is -2.60. The van der Waals surface area contributed by atoms with E-state index in [1.165, 1.54) is 31.4 Å². The van der Waals surface area contributed by atoms with Crippen molar-refractivity contribution in [3.05, 3.63) is 11.6 Å². The van der Waals surface area contributed by atoms with Gasteiger partial charge in [0.2, 0.25) is 0 Å². The first-order chi connectivity index (χ1) is 14.1. The fourth-order valence-electron chi connectivity index (χ4n) is 7.36. The van der Waals surface area contributed by atoms with Gasteiger partial charge in [-0.15, -0.1) is 0 Å². The molecule has 0 amide bonds. The molecule has 0 bridgehead atoms. The fraction of sp³-hybridized carbons (Fsp3) is 0.833. The lowest BCUT2D eigenvalue weighted by Crippen LogP contribution is -2.58. The molecule has 6 heteroatoms. The van der Waals surface area contributed by atoms with Gasteiger partial charge in [0.1, 0.15) is 14.2 Å². The van der Waals surface area contributed by atoms with E-state index in [1.807, 2.05) is 0 Å². The number of fused-ring (bicyclic) bond motifs is 5. The Morgan fingerprint density at radius 3 is 2.37 bits per heavy atom. The summed E-state index contributed by atoms with van der Waals surface area (Å²) in [6.45, 7) is 11.9. The highest BCUT2D eigenvalue weighted by Gasteiger charge is 2.62. The molecule has 4 aliphatic carbocycles. The number of hydrogen-bond acceptors (Lipinski definition) is 5. The molecule has 0 saturated heterocycles. The highest BCUT2D eigenvalue weighted by atomic mass is 28.4. The summed E-state index contributed by atoms with van der Waals surface area (Å²) in [4.78, 5) is 10.4. The topological polar surface area (TPSA) is 52.4 Å². The van der Waals surface area contributed by atoms with E-state index in [2.05, 4.69) is 49.9 Å². The van der Waals surface area contributed by atoms with E-state index in [1.54, 1.807) is 19.8 Å². The van der Waals surface area contributed by atoms with E-state index >= 15 is 0 Å². The molecular formula is C24H40N2O3Si. The average Bonchev–Trinajstić information content (AvgIpc) is 3.00. The SMILES string of the molecule is CO/N=C1/C=C2CC[C@H]3[C@@H]4CC/C(=N\OC)[C@@]4(C)[C@H](O[Si](C)(C)C)C[C@@H]3[C@@]2(C)CC1. The van der Waals surface area contributed by atoms with Crippen LogP contribution in [0.4, 0.5) is 0 Å². The minimum absolute atomic E-state index is 0.00632. The summed E-state index contributed by atoms with van der Waals surface area (Å²) in [6, 6.07) is 0. The Morgan fingerprint density at radius 1 is 0.967 bits per heavy atom. The predicted molar refractivity (Wildman–Crippen MR) is 124 cm³/mol. The van der Waals surface area contributed by atoms with Crippen molar-refractivity contribution in [1.29, 1.82) is 0 Å². The van der Waals surface area contributed by atoms with Crippen LogP contribution < -0.4 is 0 Å². The summed E-state index contributed by atoms with van der Waals surface area (Å²) in [5, 5.41) is 8.80. The Bertz CT molecular complexity index is 771. The van der Waals surface area contributed by atoms with Gasteiger partial charge in [0.05, 0.1) is 17.5 Å². The average molecular weight is 433 g/mol. The van der Waals surface area contributed by atoms with Crippen LogP contribution in [-0.2, 0) is 14.1 Å². The molecule has 0 heterocycles. The molecule has 0 spiro atoms. The second-order valence-corrected chi connectivity index (χ2v) is 15.7. The maximum atomic E-state index is 6.94. The third-order valence-corrected chi connectivity index (χ3v) is 9.69. The number of rotatable bonds is 4. The number of hydrogen-bond donors (Lipinski definition) is 0. The van der Waals surface area contributed by atoms with E-state index in [4.69, 9.17) is 14.1 Å². The van der Waals surface area contributed by atoms with Gasteiger partial charge in [-0.1, -0.05) is 29.7 Å². The highest BCUT2D eigenvalue weighted by molar-refractivity contribution is 6.69. The van der Waals surface area contributed by atoms with E-state index in [9.17, 15) is 0 Å². The fourth-order valence-corrected chi connectivity index (χ4v) is 8.55. The lowest BCUT2D eigenvalue weighted by atomic mass is 9.46. The minimum Gasteiger partial charge on any atom is -0.414 e. The van der Waals surface area contributed by atoms with Crippen LogP contribution >= 0.6 is 0 Å². The summed E-state index contributed by atoms with van der Waals surface area (Å²) in [7, 11) is 1.64. The van der Waals surface area contributed by atoms with Crippen LogP contribution in [0.5, 0.6) is 0 Å². The summed E-state index contributed by atoms with van der Waals surface area (Å²) in [6.07, 6.45) is 10.6. The minimum atomic E-state index is -1.70. The molecular weight excluding hydrogens is 392 g/mol. The van der Waals surface area contributed by atoms with Crippen LogP contribution in [-0.4, -0.2) is 40.1 Å². The standard InChI is InChI=1S/C24H40N2O3Si/c1-23-13-12-17(25-27-3)14-16(23)8-9-18-19-10-11-21(26-28-4)24(19,2)22(15-20(18)23)29-30(5,6)7/h14,18-20,22H,8-13,15H2,1-7H3/b25-17+,26-21+/t18-,19-,20-,22+,23-,24-/m0/s1. The van der Waals surface area contributed by atoms with Crippen molar-refractivity contribution in [1.82, 2.24) is 0 Å². The monoisotopic (exact) mass is 432 g/mol. The van der Waals surface area contributed by atoms with Crippen LogP contribution in [0.2, 0.25) is 19.6 Å². The molecule has 0 aliphatic heterocycles. The van der Waals surface area contributed by atoms with Gasteiger partial charge in [0, 0.05) is 5.41 Å². The highest BCUT2D eigenvalue weighted by Crippen LogP contribution is 2.65. The molecule has 4 aliphatic rings.